The number of pyridine rings is 1. The number of halogens is 1. The normalized spacial score (nSPS) is 15.1. The summed E-state index contributed by atoms with van der Waals surface area (Å²) < 4.78 is 12.0. The summed E-state index contributed by atoms with van der Waals surface area (Å²) in [7, 11) is 0. The Morgan fingerprint density at radius 3 is 2.68 bits per heavy atom. The van der Waals surface area contributed by atoms with Crippen molar-refractivity contribution in [1.29, 1.82) is 0 Å². The summed E-state index contributed by atoms with van der Waals surface area (Å²) in [4.78, 5) is 26.9. The Morgan fingerprint density at radius 2 is 1.97 bits per heavy atom. The first-order chi connectivity index (χ1) is 16.0. The van der Waals surface area contributed by atoms with E-state index in [0.29, 0.717) is 17.3 Å². The molecule has 0 aliphatic carbocycles. The molecule has 8 nitrogen and oxygen atoms in total. The van der Waals surface area contributed by atoms with Crippen LogP contribution < -0.4 is 20.5 Å². The van der Waals surface area contributed by atoms with Gasteiger partial charge >= 0.3 is 5.97 Å². The van der Waals surface area contributed by atoms with Gasteiger partial charge in [-0.1, -0.05) is 30.3 Å². The van der Waals surface area contributed by atoms with Crippen molar-refractivity contribution in [2.75, 3.05) is 5.32 Å². The maximum Gasteiger partial charge on any atom is 0.320 e. The van der Waals surface area contributed by atoms with Crippen molar-refractivity contribution in [3.05, 3.63) is 78.0 Å². The Labute approximate surface area is 203 Å². The average molecular weight is 484 g/mol. The van der Waals surface area contributed by atoms with Gasteiger partial charge in [0.25, 0.3) is 0 Å². The molecule has 1 unspecified atom stereocenters. The van der Waals surface area contributed by atoms with Gasteiger partial charge in [-0.25, -0.2) is 4.98 Å². The molecule has 178 valence electrons. The number of hydrogen-bond donors (Lipinski definition) is 3. The molecule has 0 bridgehead atoms. The Balaban J connectivity index is 0.00000324. The lowest BCUT2D eigenvalue weighted by Gasteiger charge is -2.26. The first kappa shape index (κ1) is 25.0. The quantitative estimate of drug-likeness (QED) is 0.431. The summed E-state index contributed by atoms with van der Waals surface area (Å²) in [5.74, 6) is 0.444. The standard InChI is InChI=1S/C25H25N3O5.ClH/c26-20(25(30)31)9-12-23(29)28-18-7-13-24(27-15-18)32-19-8-11-22-17(14-19)6-10-21(33-22)16-4-2-1-3-5-16;/h1-5,7-8,11,13-15,20-21H,6,9-10,12,26H2,(H,28,29)(H,30,31);1H/t20-,21?;/m0./s1. The summed E-state index contributed by atoms with van der Waals surface area (Å²) in [5.41, 5.74) is 8.16. The molecule has 0 saturated carbocycles. The van der Waals surface area contributed by atoms with Crippen LogP contribution >= 0.6 is 12.4 Å². The largest absolute Gasteiger partial charge is 0.485 e. The molecule has 4 rings (SSSR count). The Bertz CT molecular complexity index is 1130. The molecule has 0 fully saturated rings. The highest BCUT2D eigenvalue weighted by atomic mass is 35.5. The van der Waals surface area contributed by atoms with E-state index in [9.17, 15) is 9.59 Å². The van der Waals surface area contributed by atoms with Crippen LogP contribution in [-0.2, 0) is 16.0 Å². The van der Waals surface area contributed by atoms with Crippen molar-refractivity contribution in [2.24, 2.45) is 5.73 Å². The van der Waals surface area contributed by atoms with Crippen LogP contribution in [-0.4, -0.2) is 28.0 Å². The lowest BCUT2D eigenvalue weighted by Crippen LogP contribution is -2.31. The summed E-state index contributed by atoms with van der Waals surface area (Å²) in [6.45, 7) is 0. The number of amides is 1. The van der Waals surface area contributed by atoms with Gasteiger partial charge in [-0.05, 0) is 54.7 Å². The molecule has 0 radical (unpaired) electrons. The van der Waals surface area contributed by atoms with Crippen molar-refractivity contribution in [3.8, 4) is 17.4 Å². The van der Waals surface area contributed by atoms with E-state index < -0.39 is 12.0 Å². The van der Waals surface area contributed by atoms with E-state index in [1.165, 1.54) is 11.8 Å². The third-order valence-electron chi connectivity index (χ3n) is 5.39. The fourth-order valence-corrected chi connectivity index (χ4v) is 3.60. The van der Waals surface area contributed by atoms with E-state index in [4.69, 9.17) is 20.3 Å². The second kappa shape index (κ2) is 11.5. The van der Waals surface area contributed by atoms with Crippen LogP contribution in [0.3, 0.4) is 0 Å². The van der Waals surface area contributed by atoms with Gasteiger partial charge in [-0.15, -0.1) is 12.4 Å². The van der Waals surface area contributed by atoms with E-state index in [1.54, 1.807) is 12.1 Å². The SMILES string of the molecule is Cl.N[C@@H](CCC(=O)Nc1ccc(Oc2ccc3c(c2)CCC(c2ccccc2)O3)nc1)C(=O)O. The van der Waals surface area contributed by atoms with Crippen LogP contribution in [0.5, 0.6) is 17.4 Å². The number of aliphatic carboxylic acids is 1. The summed E-state index contributed by atoms with van der Waals surface area (Å²) in [6, 6.07) is 18.2. The van der Waals surface area contributed by atoms with E-state index in [2.05, 4.69) is 22.4 Å². The van der Waals surface area contributed by atoms with E-state index in [0.717, 1.165) is 24.2 Å². The Kier molecular flexibility index (Phi) is 8.45. The van der Waals surface area contributed by atoms with Crippen LogP contribution in [0.15, 0.2) is 66.9 Å². The number of carbonyl (C=O) groups excluding carboxylic acids is 1. The number of carboxylic acid groups (broad SMARTS) is 1. The maximum atomic E-state index is 11.9. The lowest BCUT2D eigenvalue weighted by atomic mass is 9.97. The van der Waals surface area contributed by atoms with E-state index in [-0.39, 0.29) is 37.3 Å². The number of rotatable bonds is 8. The van der Waals surface area contributed by atoms with Gasteiger partial charge in [-0.3, -0.25) is 9.59 Å². The fraction of sp³-hybridized carbons (Fsp3) is 0.240. The predicted octanol–water partition coefficient (Wildman–Crippen LogP) is 4.49. The number of anilines is 1. The highest BCUT2D eigenvalue weighted by molar-refractivity contribution is 5.91. The molecule has 1 aliphatic rings. The monoisotopic (exact) mass is 483 g/mol. The molecular formula is C25H26ClN3O5. The van der Waals surface area contributed by atoms with E-state index in [1.807, 2.05) is 36.4 Å². The van der Waals surface area contributed by atoms with Gasteiger partial charge in [0.1, 0.15) is 23.6 Å². The van der Waals surface area contributed by atoms with E-state index >= 15 is 0 Å². The number of aromatic nitrogens is 1. The minimum absolute atomic E-state index is 0. The molecule has 1 amide bonds. The van der Waals surface area contributed by atoms with Gasteiger partial charge in [0.2, 0.25) is 11.8 Å². The minimum atomic E-state index is -1.13. The second-order valence-electron chi connectivity index (χ2n) is 7.84. The highest BCUT2D eigenvalue weighted by Gasteiger charge is 2.21. The third kappa shape index (κ3) is 6.46. The molecule has 2 heterocycles. The molecule has 1 aromatic heterocycles. The Hall–Kier alpha value is -3.62. The number of nitrogens with two attached hydrogens (primary N) is 1. The zero-order valence-corrected chi connectivity index (χ0v) is 19.2. The second-order valence-corrected chi connectivity index (χ2v) is 7.84. The van der Waals surface area contributed by atoms with Gasteiger partial charge in [0.05, 0.1) is 11.9 Å². The smallest absolute Gasteiger partial charge is 0.320 e. The molecule has 2 atom stereocenters. The van der Waals surface area contributed by atoms with Crippen LogP contribution in [0.4, 0.5) is 5.69 Å². The molecule has 0 spiro atoms. The molecule has 0 saturated heterocycles. The maximum absolute atomic E-state index is 11.9. The number of nitrogens with one attached hydrogen (secondary N) is 1. The van der Waals surface area contributed by atoms with Gasteiger partial charge in [0, 0.05) is 12.5 Å². The van der Waals surface area contributed by atoms with Crippen LogP contribution in [0.2, 0.25) is 0 Å². The average Bonchev–Trinajstić information content (AvgIpc) is 2.84. The fourth-order valence-electron chi connectivity index (χ4n) is 3.60. The number of benzene rings is 2. The third-order valence-corrected chi connectivity index (χ3v) is 5.39. The molecule has 34 heavy (non-hydrogen) atoms. The number of fused-ring (bicyclic) bond motifs is 1. The minimum Gasteiger partial charge on any atom is -0.485 e. The first-order valence-electron chi connectivity index (χ1n) is 10.7. The molecule has 9 heteroatoms. The van der Waals surface area contributed by atoms with Crippen molar-refractivity contribution < 1.29 is 24.2 Å². The summed E-state index contributed by atoms with van der Waals surface area (Å²) in [6.07, 6.45) is 3.38. The van der Waals surface area contributed by atoms with Crippen molar-refractivity contribution >= 4 is 30.0 Å². The van der Waals surface area contributed by atoms with Crippen molar-refractivity contribution in [2.45, 2.75) is 37.8 Å². The molecular weight excluding hydrogens is 458 g/mol. The molecule has 3 aromatic rings. The van der Waals surface area contributed by atoms with Gasteiger partial charge < -0.3 is 25.6 Å². The topological polar surface area (TPSA) is 124 Å². The molecule has 4 N–H and O–H groups in total. The Morgan fingerprint density at radius 1 is 1.18 bits per heavy atom. The van der Waals surface area contributed by atoms with Crippen LogP contribution in [0, 0.1) is 0 Å². The number of carboxylic acids is 1. The first-order valence-corrected chi connectivity index (χ1v) is 10.7. The number of ether oxygens (including phenoxy) is 2. The van der Waals surface area contributed by atoms with Gasteiger partial charge in [0.15, 0.2) is 0 Å². The van der Waals surface area contributed by atoms with Crippen LogP contribution in [0.25, 0.3) is 0 Å². The number of nitrogens with zero attached hydrogens (tertiary/aromatic N) is 1. The predicted molar refractivity (Wildman–Crippen MR) is 130 cm³/mol. The number of carbonyl (C=O) groups is 2. The zero-order chi connectivity index (χ0) is 23.2. The van der Waals surface area contributed by atoms with Crippen molar-refractivity contribution in [1.82, 2.24) is 4.98 Å². The molecule has 2 aromatic carbocycles. The van der Waals surface area contributed by atoms with Crippen molar-refractivity contribution in [3.63, 3.8) is 0 Å². The van der Waals surface area contributed by atoms with Crippen LogP contribution in [0.1, 0.15) is 36.5 Å². The number of aryl methyl sites for hydroxylation is 1. The molecule has 1 aliphatic heterocycles. The van der Waals surface area contributed by atoms with Gasteiger partial charge in [-0.2, -0.15) is 0 Å². The summed E-state index contributed by atoms with van der Waals surface area (Å²) in [5, 5.41) is 11.4. The number of hydrogen-bond acceptors (Lipinski definition) is 6. The zero-order valence-electron chi connectivity index (χ0n) is 18.3. The lowest BCUT2D eigenvalue weighted by molar-refractivity contribution is -0.138. The highest BCUT2D eigenvalue weighted by Crippen LogP contribution is 2.37. The summed E-state index contributed by atoms with van der Waals surface area (Å²) >= 11 is 0.